The van der Waals surface area contributed by atoms with Crippen LogP contribution < -0.4 is 5.32 Å². The van der Waals surface area contributed by atoms with Crippen LogP contribution in [0, 0.1) is 11.3 Å². The molecule has 1 atom stereocenters. The van der Waals surface area contributed by atoms with E-state index in [0.29, 0.717) is 30.4 Å². The van der Waals surface area contributed by atoms with E-state index >= 15 is 0 Å². The Morgan fingerprint density at radius 1 is 1.48 bits per heavy atom. The van der Waals surface area contributed by atoms with Crippen molar-refractivity contribution in [2.24, 2.45) is 0 Å². The lowest BCUT2D eigenvalue weighted by atomic mass is 10.2. The Hall–Kier alpha value is -1.88. The van der Waals surface area contributed by atoms with Gasteiger partial charge in [0.15, 0.2) is 5.89 Å². The summed E-state index contributed by atoms with van der Waals surface area (Å²) in [6.45, 7) is 5.96. The maximum Gasteiger partial charge on any atom is 0.232 e. The number of hydrogen-bond acceptors (Lipinski definition) is 7. The zero-order valence-corrected chi connectivity index (χ0v) is 13.9. The van der Waals surface area contributed by atoms with Crippen molar-refractivity contribution in [1.82, 2.24) is 9.88 Å². The number of nitrogens with zero attached hydrogens (tertiary/aromatic N) is 3. The van der Waals surface area contributed by atoms with Gasteiger partial charge in [-0.05, 0) is 11.4 Å². The molecule has 3 heterocycles. The first-order valence-electron chi connectivity index (χ1n) is 7.80. The van der Waals surface area contributed by atoms with Crippen LogP contribution in [0.1, 0.15) is 29.4 Å². The zero-order valence-electron chi connectivity index (χ0n) is 13.1. The Bertz CT molecular complexity index is 656. The van der Waals surface area contributed by atoms with Crippen LogP contribution in [0.5, 0.6) is 0 Å². The van der Waals surface area contributed by atoms with Crippen LogP contribution in [0.4, 0.5) is 5.88 Å². The van der Waals surface area contributed by atoms with Crippen molar-refractivity contribution in [3.63, 3.8) is 0 Å². The molecule has 0 unspecified atom stereocenters. The van der Waals surface area contributed by atoms with Crippen LogP contribution in [0.3, 0.4) is 0 Å². The minimum Gasteiger partial charge on any atom is -0.424 e. The number of aromatic nitrogens is 1. The Kier molecular flexibility index (Phi) is 5.28. The fraction of sp³-hybridized carbons (Fsp3) is 0.500. The van der Waals surface area contributed by atoms with E-state index in [-0.39, 0.29) is 6.04 Å². The summed E-state index contributed by atoms with van der Waals surface area (Å²) in [6.07, 6.45) is 0.675. The van der Waals surface area contributed by atoms with E-state index in [1.54, 1.807) is 11.3 Å². The van der Waals surface area contributed by atoms with Gasteiger partial charge in [0.2, 0.25) is 11.6 Å². The highest BCUT2D eigenvalue weighted by atomic mass is 32.1. The summed E-state index contributed by atoms with van der Waals surface area (Å²) in [7, 11) is 0. The molecule has 23 heavy (non-hydrogen) atoms. The summed E-state index contributed by atoms with van der Waals surface area (Å²) in [5, 5.41) is 14.6. The van der Waals surface area contributed by atoms with Gasteiger partial charge in [0, 0.05) is 30.9 Å². The summed E-state index contributed by atoms with van der Waals surface area (Å²) in [5.74, 6) is 1.06. The maximum atomic E-state index is 9.19. The topological polar surface area (TPSA) is 74.3 Å². The summed E-state index contributed by atoms with van der Waals surface area (Å²) in [6, 6.07) is 6.54. The molecule has 3 rings (SSSR count). The highest BCUT2D eigenvalue weighted by Gasteiger charge is 2.24. The summed E-state index contributed by atoms with van der Waals surface area (Å²) < 4.78 is 11.1. The van der Waals surface area contributed by atoms with Crippen molar-refractivity contribution in [3.05, 3.63) is 34.0 Å². The van der Waals surface area contributed by atoms with Gasteiger partial charge in [-0.25, -0.2) is 4.98 Å². The predicted octanol–water partition coefficient (Wildman–Crippen LogP) is 2.66. The zero-order chi connectivity index (χ0) is 16.1. The summed E-state index contributed by atoms with van der Waals surface area (Å²) in [4.78, 5) is 7.89. The molecule has 0 radical (unpaired) electrons. The van der Waals surface area contributed by atoms with Crippen LogP contribution in [-0.4, -0.2) is 42.7 Å². The minimum absolute atomic E-state index is 0.237. The average molecular weight is 332 g/mol. The molecule has 1 aliphatic heterocycles. The van der Waals surface area contributed by atoms with E-state index in [2.05, 4.69) is 38.8 Å². The van der Waals surface area contributed by atoms with Crippen LogP contribution in [0.25, 0.3) is 0 Å². The number of rotatable bonds is 6. The molecular formula is C16H20N4O2S. The highest BCUT2D eigenvalue weighted by Crippen LogP contribution is 2.27. The van der Waals surface area contributed by atoms with Crippen LogP contribution in [-0.2, 0) is 11.2 Å². The third-order valence-electron chi connectivity index (χ3n) is 3.89. The molecule has 2 aromatic rings. The van der Waals surface area contributed by atoms with Crippen molar-refractivity contribution in [2.75, 3.05) is 38.2 Å². The van der Waals surface area contributed by atoms with Gasteiger partial charge in [0.25, 0.3) is 0 Å². The van der Waals surface area contributed by atoms with Crippen LogP contribution in [0.15, 0.2) is 21.9 Å². The maximum absolute atomic E-state index is 9.19. The molecule has 1 saturated heterocycles. The van der Waals surface area contributed by atoms with E-state index in [1.165, 1.54) is 4.88 Å². The molecule has 1 fully saturated rings. The summed E-state index contributed by atoms with van der Waals surface area (Å²) >= 11 is 1.75. The van der Waals surface area contributed by atoms with Gasteiger partial charge >= 0.3 is 0 Å². The van der Waals surface area contributed by atoms with Gasteiger partial charge < -0.3 is 14.5 Å². The van der Waals surface area contributed by atoms with Crippen LogP contribution >= 0.6 is 11.3 Å². The second-order valence-electron chi connectivity index (χ2n) is 5.31. The Labute approximate surface area is 139 Å². The molecule has 0 saturated carbocycles. The molecule has 2 aromatic heterocycles. The van der Waals surface area contributed by atoms with E-state index in [4.69, 9.17) is 9.15 Å². The molecule has 1 aliphatic rings. The number of aryl methyl sites for hydroxylation is 1. The molecule has 1 N–H and O–H groups in total. The first kappa shape index (κ1) is 16.0. The molecular weight excluding hydrogens is 312 g/mol. The molecule has 122 valence electrons. The molecule has 0 aliphatic carbocycles. The number of anilines is 1. The molecule has 7 heteroatoms. The normalized spacial score (nSPS) is 16.9. The van der Waals surface area contributed by atoms with Gasteiger partial charge in [-0.15, -0.1) is 11.3 Å². The van der Waals surface area contributed by atoms with Gasteiger partial charge in [-0.3, -0.25) is 4.90 Å². The third-order valence-corrected chi connectivity index (χ3v) is 4.87. The Morgan fingerprint density at radius 3 is 2.96 bits per heavy atom. The number of ether oxygens (including phenoxy) is 1. The fourth-order valence-electron chi connectivity index (χ4n) is 2.68. The lowest BCUT2D eigenvalue weighted by Crippen LogP contribution is -2.41. The summed E-state index contributed by atoms with van der Waals surface area (Å²) in [5.41, 5.74) is 0.328. The van der Waals surface area contributed by atoms with Gasteiger partial charge in [0.1, 0.15) is 6.07 Å². The van der Waals surface area contributed by atoms with Crippen molar-refractivity contribution >= 4 is 17.2 Å². The molecule has 0 bridgehead atoms. The quantitative estimate of drug-likeness (QED) is 0.876. The molecule has 0 spiro atoms. The van der Waals surface area contributed by atoms with Crippen molar-refractivity contribution in [3.8, 4) is 6.07 Å². The SMILES string of the molecule is CCc1nc(C#N)c(NC[C@H](c2cccs2)N2CCOCC2)o1. The van der Waals surface area contributed by atoms with E-state index < -0.39 is 0 Å². The minimum atomic E-state index is 0.237. The van der Waals surface area contributed by atoms with Crippen molar-refractivity contribution in [2.45, 2.75) is 19.4 Å². The van der Waals surface area contributed by atoms with E-state index in [1.807, 2.05) is 6.92 Å². The van der Waals surface area contributed by atoms with Gasteiger partial charge in [-0.2, -0.15) is 5.26 Å². The Balaban J connectivity index is 1.74. The lowest BCUT2D eigenvalue weighted by Gasteiger charge is -2.34. The number of thiophene rings is 1. The predicted molar refractivity (Wildman–Crippen MR) is 88.5 cm³/mol. The van der Waals surface area contributed by atoms with Crippen LogP contribution in [0.2, 0.25) is 0 Å². The van der Waals surface area contributed by atoms with Crippen molar-refractivity contribution < 1.29 is 9.15 Å². The molecule has 0 amide bonds. The Morgan fingerprint density at radius 2 is 2.30 bits per heavy atom. The molecule has 6 nitrogen and oxygen atoms in total. The second kappa shape index (κ2) is 7.59. The first-order chi connectivity index (χ1) is 11.3. The van der Waals surface area contributed by atoms with Gasteiger partial charge in [-0.1, -0.05) is 13.0 Å². The second-order valence-corrected chi connectivity index (χ2v) is 6.29. The standard InChI is InChI=1S/C16H20N4O2S/c1-2-15-19-12(10-17)16(22-15)18-11-13(14-4-3-9-23-14)20-5-7-21-8-6-20/h3-4,9,13,18H,2,5-8,11H2,1H3/t13-/m1/s1. The lowest BCUT2D eigenvalue weighted by molar-refractivity contribution is 0.0193. The number of morpholine rings is 1. The fourth-order valence-corrected chi connectivity index (χ4v) is 3.54. The number of hydrogen-bond donors (Lipinski definition) is 1. The number of nitrogens with one attached hydrogen (secondary N) is 1. The van der Waals surface area contributed by atoms with E-state index in [0.717, 1.165) is 26.3 Å². The number of nitriles is 1. The van der Waals surface area contributed by atoms with Crippen molar-refractivity contribution in [1.29, 1.82) is 5.26 Å². The largest absolute Gasteiger partial charge is 0.424 e. The smallest absolute Gasteiger partial charge is 0.232 e. The average Bonchev–Trinajstić information content (AvgIpc) is 3.25. The third kappa shape index (κ3) is 3.72. The monoisotopic (exact) mass is 332 g/mol. The first-order valence-corrected chi connectivity index (χ1v) is 8.68. The van der Waals surface area contributed by atoms with Gasteiger partial charge in [0.05, 0.1) is 19.3 Å². The highest BCUT2D eigenvalue weighted by molar-refractivity contribution is 7.10. The van der Waals surface area contributed by atoms with E-state index in [9.17, 15) is 5.26 Å². The number of oxazole rings is 1. The molecule has 0 aromatic carbocycles.